The lowest BCUT2D eigenvalue weighted by Crippen LogP contribution is -2.52. The summed E-state index contributed by atoms with van der Waals surface area (Å²) in [5.74, 6) is 0.902. The lowest BCUT2D eigenvalue weighted by molar-refractivity contribution is -0.190. The number of benzene rings is 2. The van der Waals surface area contributed by atoms with Crippen molar-refractivity contribution in [2.75, 3.05) is 33.4 Å². The van der Waals surface area contributed by atoms with Gasteiger partial charge in [-0.15, -0.1) is 0 Å². The zero-order valence-corrected chi connectivity index (χ0v) is 20.2. The highest BCUT2D eigenvalue weighted by molar-refractivity contribution is 5.95. The summed E-state index contributed by atoms with van der Waals surface area (Å²) < 4.78 is 37.1. The molecule has 0 N–H and O–H groups in total. The van der Waals surface area contributed by atoms with Crippen LogP contribution in [-0.2, 0) is 9.47 Å². The highest BCUT2D eigenvalue weighted by Crippen LogP contribution is 2.44. The van der Waals surface area contributed by atoms with E-state index in [0.717, 1.165) is 31.2 Å². The van der Waals surface area contributed by atoms with Gasteiger partial charge in [-0.05, 0) is 62.6 Å². The summed E-state index contributed by atoms with van der Waals surface area (Å²) in [4.78, 5) is 15.1. The summed E-state index contributed by atoms with van der Waals surface area (Å²) in [5, 5.41) is 0. The van der Waals surface area contributed by atoms with Gasteiger partial charge in [0.05, 0.1) is 31.5 Å². The number of piperidine rings is 1. The summed E-state index contributed by atoms with van der Waals surface area (Å²) in [6.07, 6.45) is 2.94. The molecule has 2 aliphatic heterocycles. The third-order valence-corrected chi connectivity index (χ3v) is 6.79. The minimum Gasteiger partial charge on any atom is -0.493 e. The van der Waals surface area contributed by atoms with Crippen molar-refractivity contribution < 1.29 is 28.1 Å². The Kier molecular flexibility index (Phi) is 7.73. The maximum absolute atomic E-state index is 13.4. The van der Waals surface area contributed by atoms with Gasteiger partial charge in [0.25, 0.3) is 5.91 Å². The van der Waals surface area contributed by atoms with E-state index in [-0.39, 0.29) is 29.5 Å². The van der Waals surface area contributed by atoms with Gasteiger partial charge in [-0.1, -0.05) is 12.1 Å². The van der Waals surface area contributed by atoms with Gasteiger partial charge in [-0.2, -0.15) is 0 Å². The molecule has 0 bridgehead atoms. The van der Waals surface area contributed by atoms with Crippen molar-refractivity contribution in [3.8, 4) is 11.5 Å². The minimum atomic E-state index is -0.357. The fourth-order valence-electron chi connectivity index (χ4n) is 5.08. The van der Waals surface area contributed by atoms with Crippen molar-refractivity contribution in [3.05, 3.63) is 59.4 Å². The van der Waals surface area contributed by atoms with E-state index >= 15 is 0 Å². The second-order valence-corrected chi connectivity index (χ2v) is 8.95. The Morgan fingerprint density at radius 2 is 1.82 bits per heavy atom. The van der Waals surface area contributed by atoms with Crippen molar-refractivity contribution in [1.82, 2.24) is 4.90 Å². The summed E-state index contributed by atoms with van der Waals surface area (Å²) in [6, 6.07) is 11.8. The molecule has 2 atom stereocenters. The van der Waals surface area contributed by atoms with Gasteiger partial charge in [-0.25, -0.2) is 4.39 Å². The molecule has 4 rings (SSSR count). The van der Waals surface area contributed by atoms with Crippen molar-refractivity contribution in [1.29, 1.82) is 0 Å². The van der Waals surface area contributed by atoms with E-state index < -0.39 is 0 Å². The van der Waals surface area contributed by atoms with Gasteiger partial charge < -0.3 is 23.8 Å². The largest absolute Gasteiger partial charge is 0.493 e. The Hall–Kier alpha value is -2.64. The topological polar surface area (TPSA) is 57.2 Å². The molecule has 1 spiro atoms. The van der Waals surface area contributed by atoms with Gasteiger partial charge in [-0.3, -0.25) is 4.79 Å². The number of nitrogens with zero attached hydrogens (tertiary/aromatic N) is 1. The lowest BCUT2D eigenvalue weighted by Gasteiger charge is -2.48. The van der Waals surface area contributed by atoms with E-state index in [4.69, 9.17) is 18.9 Å². The Balaban J connectivity index is 1.46. The molecule has 34 heavy (non-hydrogen) atoms. The fourth-order valence-corrected chi connectivity index (χ4v) is 5.08. The van der Waals surface area contributed by atoms with Crippen LogP contribution >= 0.6 is 0 Å². The fraction of sp³-hybridized carbons (Fsp3) is 0.519. The van der Waals surface area contributed by atoms with Crippen LogP contribution in [0.1, 0.15) is 61.6 Å². The molecule has 0 unspecified atom stereocenters. The van der Waals surface area contributed by atoms with E-state index in [1.807, 2.05) is 18.7 Å². The molecular formula is C27H34FNO5. The number of rotatable bonds is 7. The van der Waals surface area contributed by atoms with E-state index in [0.29, 0.717) is 43.4 Å². The van der Waals surface area contributed by atoms with Crippen LogP contribution < -0.4 is 9.47 Å². The average molecular weight is 472 g/mol. The zero-order valence-electron chi connectivity index (χ0n) is 20.2. The molecule has 0 aromatic heterocycles. The van der Waals surface area contributed by atoms with Crippen LogP contribution in [0.4, 0.5) is 4.39 Å². The number of hydrogen-bond donors (Lipinski definition) is 0. The number of ether oxygens (including phenoxy) is 4. The molecular weight excluding hydrogens is 437 g/mol. The second-order valence-electron chi connectivity index (χ2n) is 8.95. The van der Waals surface area contributed by atoms with Gasteiger partial charge in [0.2, 0.25) is 0 Å². The van der Waals surface area contributed by atoms with Crippen LogP contribution in [0.3, 0.4) is 0 Å². The molecule has 0 radical (unpaired) electrons. The first kappa shape index (κ1) is 24.5. The molecule has 1 amide bonds. The van der Waals surface area contributed by atoms with Crippen molar-refractivity contribution in [2.45, 2.75) is 57.3 Å². The average Bonchev–Trinajstić information content (AvgIpc) is 2.85. The minimum absolute atomic E-state index is 0.0246. The molecule has 0 saturated carbocycles. The Bertz CT molecular complexity index is 971. The zero-order chi connectivity index (χ0) is 24.1. The number of halogens is 1. The van der Waals surface area contributed by atoms with E-state index in [1.54, 1.807) is 37.4 Å². The number of hydrogen-bond acceptors (Lipinski definition) is 5. The molecule has 7 heteroatoms. The van der Waals surface area contributed by atoms with Gasteiger partial charge in [0, 0.05) is 38.1 Å². The van der Waals surface area contributed by atoms with Crippen molar-refractivity contribution in [3.63, 3.8) is 0 Å². The molecule has 2 heterocycles. The molecule has 0 aliphatic carbocycles. The molecule has 2 aromatic carbocycles. The summed E-state index contributed by atoms with van der Waals surface area (Å²) >= 11 is 0. The van der Waals surface area contributed by atoms with Crippen LogP contribution in [0.2, 0.25) is 0 Å². The van der Waals surface area contributed by atoms with Crippen LogP contribution in [-0.4, -0.2) is 55.9 Å². The predicted octanol–water partition coefficient (Wildman–Crippen LogP) is 5.16. The monoisotopic (exact) mass is 471 g/mol. The predicted molar refractivity (Wildman–Crippen MR) is 127 cm³/mol. The molecule has 184 valence electrons. The van der Waals surface area contributed by atoms with Gasteiger partial charge in [0.15, 0.2) is 11.5 Å². The first-order valence-electron chi connectivity index (χ1n) is 12.1. The molecule has 2 saturated heterocycles. The van der Waals surface area contributed by atoms with E-state index in [1.165, 1.54) is 12.1 Å². The van der Waals surface area contributed by atoms with E-state index in [2.05, 4.69) is 0 Å². The number of methoxy groups -OCH3 is 1. The van der Waals surface area contributed by atoms with E-state index in [9.17, 15) is 9.18 Å². The Morgan fingerprint density at radius 1 is 1.09 bits per heavy atom. The van der Waals surface area contributed by atoms with Crippen LogP contribution in [0.5, 0.6) is 11.5 Å². The first-order chi connectivity index (χ1) is 16.5. The number of likely N-dealkylation sites (tertiary alicyclic amines) is 1. The van der Waals surface area contributed by atoms with Crippen LogP contribution in [0.15, 0.2) is 42.5 Å². The summed E-state index contributed by atoms with van der Waals surface area (Å²) in [5.41, 5.74) is 1.19. The smallest absolute Gasteiger partial charge is 0.253 e. The quantitative estimate of drug-likeness (QED) is 0.558. The van der Waals surface area contributed by atoms with Crippen LogP contribution in [0, 0.1) is 5.82 Å². The Morgan fingerprint density at radius 3 is 2.47 bits per heavy atom. The maximum atomic E-state index is 13.4. The summed E-state index contributed by atoms with van der Waals surface area (Å²) in [7, 11) is 1.57. The third-order valence-electron chi connectivity index (χ3n) is 6.79. The molecule has 2 aromatic rings. The molecule has 2 aliphatic rings. The van der Waals surface area contributed by atoms with Gasteiger partial charge in [0.1, 0.15) is 5.82 Å². The normalized spacial score (nSPS) is 21.9. The number of carbonyl (C=O) groups is 1. The Labute approximate surface area is 200 Å². The standard InChI is InChI=1S/C27H34FNO5/c1-4-32-22-17-24(19-6-9-21(28)10-7-19)34-27(18-22)12-14-29(15-13-27)26(30)20-8-11-23(33-5-2)25(16-20)31-3/h6-11,16,22,24H,4-5,12-15,17-18H2,1-3H3/t22-,24-/m0/s1. The SMILES string of the molecule is CCOc1ccc(C(=O)N2CCC3(CC2)C[C@@H](OCC)C[C@@H](c2ccc(F)cc2)O3)cc1OC. The summed E-state index contributed by atoms with van der Waals surface area (Å²) in [6.45, 7) is 6.28. The van der Waals surface area contributed by atoms with Crippen molar-refractivity contribution in [2.24, 2.45) is 0 Å². The molecule has 2 fully saturated rings. The number of carbonyl (C=O) groups excluding carboxylic acids is 1. The lowest BCUT2D eigenvalue weighted by atomic mass is 9.80. The van der Waals surface area contributed by atoms with Gasteiger partial charge >= 0.3 is 0 Å². The number of amides is 1. The maximum Gasteiger partial charge on any atom is 0.253 e. The van der Waals surface area contributed by atoms with Crippen LogP contribution in [0.25, 0.3) is 0 Å². The third kappa shape index (κ3) is 5.36. The second kappa shape index (κ2) is 10.7. The first-order valence-corrected chi connectivity index (χ1v) is 12.1. The highest BCUT2D eigenvalue weighted by Gasteiger charge is 2.45. The molecule has 6 nitrogen and oxygen atoms in total. The van der Waals surface area contributed by atoms with Crippen molar-refractivity contribution >= 4 is 5.91 Å². The highest BCUT2D eigenvalue weighted by atomic mass is 19.1.